The highest BCUT2D eigenvalue weighted by Gasteiger charge is 2.54. The zero-order valence-electron chi connectivity index (χ0n) is 17.1. The third-order valence-electron chi connectivity index (χ3n) is 3.51. The van der Waals surface area contributed by atoms with Crippen molar-refractivity contribution >= 4 is 39.9 Å². The van der Waals surface area contributed by atoms with Crippen molar-refractivity contribution in [1.29, 1.82) is 0 Å². The van der Waals surface area contributed by atoms with Crippen LogP contribution in [0.25, 0.3) is 0 Å². The number of amides is 1. The van der Waals surface area contributed by atoms with Crippen LogP contribution in [0, 0.1) is 0 Å². The molecule has 0 saturated carbocycles. The number of ether oxygens (including phenoxy) is 5. The van der Waals surface area contributed by atoms with E-state index in [0.717, 1.165) is 27.7 Å². The Kier molecular flexibility index (Phi) is 9.33. The van der Waals surface area contributed by atoms with E-state index in [9.17, 15) is 32.4 Å². The zero-order chi connectivity index (χ0) is 23.9. The lowest BCUT2D eigenvalue weighted by Crippen LogP contribution is -2.63. The van der Waals surface area contributed by atoms with Gasteiger partial charge in [0.15, 0.2) is 24.1 Å². The molecule has 1 aliphatic rings. The Bertz CT molecular complexity index is 823. The molecule has 1 heterocycles. The van der Waals surface area contributed by atoms with Crippen LogP contribution < -0.4 is 5.73 Å². The third-order valence-corrected chi connectivity index (χ3v) is 4.63. The molecule has 1 rings (SSSR count). The number of esters is 4. The number of hydrogen-bond donors (Lipinski definition) is 1. The summed E-state index contributed by atoms with van der Waals surface area (Å²) in [7, 11) is -4.64. The summed E-state index contributed by atoms with van der Waals surface area (Å²) in [6.07, 6.45) is -8.22. The van der Waals surface area contributed by atoms with Gasteiger partial charge in [-0.25, -0.2) is 4.18 Å². The molecule has 0 radical (unpaired) electrons. The topological polar surface area (TPSA) is 201 Å². The van der Waals surface area contributed by atoms with Gasteiger partial charge in [-0.15, -0.1) is 0 Å². The molecule has 0 unspecified atom stereocenters. The predicted octanol–water partition coefficient (Wildman–Crippen LogP) is -2.10. The Morgan fingerprint density at radius 3 is 1.74 bits per heavy atom. The molecule has 31 heavy (non-hydrogen) atoms. The van der Waals surface area contributed by atoms with Gasteiger partial charge < -0.3 is 29.4 Å². The molecule has 5 atom stereocenters. The number of carbonyl (C=O) groups is 5. The van der Waals surface area contributed by atoms with E-state index >= 15 is 0 Å². The van der Waals surface area contributed by atoms with Gasteiger partial charge in [0.25, 0.3) is 10.1 Å². The molecule has 1 saturated heterocycles. The van der Waals surface area contributed by atoms with E-state index in [-0.39, 0.29) is 0 Å². The van der Waals surface area contributed by atoms with Gasteiger partial charge in [-0.05, 0) is 0 Å². The highest BCUT2D eigenvalue weighted by Crippen LogP contribution is 2.30. The molecule has 2 N–H and O–H groups in total. The first-order valence-corrected chi connectivity index (χ1v) is 10.3. The lowest BCUT2D eigenvalue weighted by Gasteiger charge is -2.43. The molecule has 0 aromatic rings. The number of carbonyl (C=O) groups excluding carboxylic acids is 5. The van der Waals surface area contributed by atoms with Crippen molar-refractivity contribution in [3.63, 3.8) is 0 Å². The fourth-order valence-corrected chi connectivity index (χ4v) is 3.48. The van der Waals surface area contributed by atoms with Gasteiger partial charge in [-0.1, -0.05) is 0 Å². The summed E-state index contributed by atoms with van der Waals surface area (Å²) in [5.41, 5.74) is 4.87. The van der Waals surface area contributed by atoms with Crippen LogP contribution in [-0.2, 0) is 62.0 Å². The minimum atomic E-state index is -4.64. The van der Waals surface area contributed by atoms with Crippen LogP contribution in [-0.4, -0.2) is 81.3 Å². The van der Waals surface area contributed by atoms with Crippen LogP contribution in [0.5, 0.6) is 0 Å². The molecule has 0 aromatic heterocycles. The van der Waals surface area contributed by atoms with Crippen molar-refractivity contribution in [1.82, 2.24) is 0 Å². The van der Waals surface area contributed by atoms with Crippen LogP contribution in [0.15, 0.2) is 0 Å². The number of hydrogen-bond acceptors (Lipinski definition) is 13. The van der Waals surface area contributed by atoms with Crippen molar-refractivity contribution in [3.8, 4) is 0 Å². The average Bonchev–Trinajstić information content (AvgIpc) is 2.55. The van der Waals surface area contributed by atoms with E-state index in [1.165, 1.54) is 0 Å². The highest BCUT2D eigenvalue weighted by atomic mass is 32.2. The maximum absolute atomic E-state index is 12.1. The molecule has 0 aliphatic carbocycles. The van der Waals surface area contributed by atoms with E-state index in [4.69, 9.17) is 33.6 Å². The van der Waals surface area contributed by atoms with Gasteiger partial charge in [-0.2, -0.15) is 8.42 Å². The minimum Gasteiger partial charge on any atom is -0.463 e. The Balaban J connectivity index is 3.42. The second kappa shape index (κ2) is 11.0. The predicted molar refractivity (Wildman–Crippen MR) is 96.0 cm³/mol. The molecular formula is C16H23NO13S. The zero-order valence-corrected chi connectivity index (χ0v) is 17.9. The van der Waals surface area contributed by atoms with Crippen molar-refractivity contribution in [2.24, 2.45) is 5.73 Å². The Hall–Kier alpha value is -2.78. The van der Waals surface area contributed by atoms with Crippen molar-refractivity contribution in [2.45, 2.75) is 58.4 Å². The smallest absolute Gasteiger partial charge is 0.303 e. The summed E-state index contributed by atoms with van der Waals surface area (Å²) < 4.78 is 54.4. The number of rotatable bonds is 9. The average molecular weight is 469 g/mol. The van der Waals surface area contributed by atoms with Gasteiger partial charge in [0.05, 0.1) is 0 Å². The van der Waals surface area contributed by atoms with Gasteiger partial charge >= 0.3 is 23.9 Å². The Morgan fingerprint density at radius 1 is 0.806 bits per heavy atom. The lowest BCUT2D eigenvalue weighted by atomic mass is 9.98. The largest absolute Gasteiger partial charge is 0.463 e. The van der Waals surface area contributed by atoms with E-state index < -0.39 is 83.0 Å². The molecule has 1 amide bonds. The summed E-state index contributed by atoms with van der Waals surface area (Å²) in [6, 6.07) is 0. The van der Waals surface area contributed by atoms with Crippen LogP contribution in [0.4, 0.5) is 0 Å². The summed E-state index contributed by atoms with van der Waals surface area (Å²) in [5, 5.41) is 0. The summed E-state index contributed by atoms with van der Waals surface area (Å²) >= 11 is 0. The van der Waals surface area contributed by atoms with Gasteiger partial charge in [0.1, 0.15) is 12.7 Å². The molecule has 1 fully saturated rings. The first-order valence-electron chi connectivity index (χ1n) is 8.71. The summed E-state index contributed by atoms with van der Waals surface area (Å²) in [5.74, 6) is -5.96. The van der Waals surface area contributed by atoms with Crippen LogP contribution >= 0.6 is 0 Å². The van der Waals surface area contributed by atoms with Crippen LogP contribution in [0.1, 0.15) is 27.7 Å². The molecule has 1 aliphatic heterocycles. The van der Waals surface area contributed by atoms with E-state index in [1.807, 2.05) is 0 Å². The first kappa shape index (κ1) is 26.3. The minimum absolute atomic E-state index is 0.576. The molecule has 0 aromatic carbocycles. The molecule has 14 nitrogen and oxygen atoms in total. The molecule has 176 valence electrons. The molecule has 0 bridgehead atoms. The van der Waals surface area contributed by atoms with Gasteiger partial charge in [-0.3, -0.25) is 24.0 Å². The van der Waals surface area contributed by atoms with Crippen molar-refractivity contribution < 1.29 is 60.3 Å². The number of primary amides is 1. The molecule has 0 spiro atoms. The number of nitrogens with two attached hydrogens (primary N) is 1. The lowest BCUT2D eigenvalue weighted by molar-refractivity contribution is -0.287. The summed E-state index contributed by atoms with van der Waals surface area (Å²) in [6.45, 7) is 3.47. The third kappa shape index (κ3) is 8.85. The standard InChI is InChI=1S/C16H23NO13S/c1-7(18)25-5-11-13(26-8(2)19)14(27-9(3)20)15(28-10(4)21)16(29-11)30-31(23,24)6-12(17)22/h11,13-16H,5-6H2,1-4H3,(H2,17,22)/t11-,13+,14+,15-,16+/m1/s1. The monoisotopic (exact) mass is 469 g/mol. The van der Waals surface area contributed by atoms with E-state index in [2.05, 4.69) is 0 Å². The Morgan fingerprint density at radius 2 is 1.29 bits per heavy atom. The fourth-order valence-electron chi connectivity index (χ4n) is 2.62. The van der Waals surface area contributed by atoms with E-state index in [0.29, 0.717) is 0 Å². The fraction of sp³-hybridized carbons (Fsp3) is 0.688. The molecular weight excluding hydrogens is 446 g/mol. The molecule has 15 heteroatoms. The van der Waals surface area contributed by atoms with Gasteiger partial charge in [0.2, 0.25) is 12.2 Å². The van der Waals surface area contributed by atoms with Crippen LogP contribution in [0.3, 0.4) is 0 Å². The second-order valence-corrected chi connectivity index (χ2v) is 7.93. The normalized spacial score (nSPS) is 25.7. The van der Waals surface area contributed by atoms with Crippen molar-refractivity contribution in [3.05, 3.63) is 0 Å². The van der Waals surface area contributed by atoms with Crippen molar-refractivity contribution in [2.75, 3.05) is 12.4 Å². The Labute approximate surface area is 177 Å². The van der Waals surface area contributed by atoms with Crippen LogP contribution in [0.2, 0.25) is 0 Å². The van der Waals surface area contributed by atoms with E-state index in [1.54, 1.807) is 0 Å². The maximum Gasteiger partial charge on any atom is 0.303 e. The SMILES string of the molecule is CC(=O)OC[C@H]1O[C@@H](OS(=O)(=O)CC(N)=O)[C@H](OC(C)=O)[C@@H](OC(C)=O)[C@H]1OC(C)=O. The quantitative estimate of drug-likeness (QED) is 0.219. The summed E-state index contributed by atoms with van der Waals surface area (Å²) in [4.78, 5) is 57.0. The highest BCUT2D eigenvalue weighted by molar-refractivity contribution is 7.87. The van der Waals surface area contributed by atoms with Gasteiger partial charge in [0, 0.05) is 27.7 Å². The second-order valence-electron chi connectivity index (χ2n) is 6.33. The first-order chi connectivity index (χ1) is 14.2. The maximum atomic E-state index is 12.1.